The van der Waals surface area contributed by atoms with Crippen molar-refractivity contribution >= 4 is 39.0 Å². The number of carbonyl (C=O) groups is 3. The summed E-state index contributed by atoms with van der Waals surface area (Å²) in [5.74, 6) is -3.41. The van der Waals surface area contributed by atoms with Crippen LogP contribution in [0.1, 0.15) is 25.7 Å². The van der Waals surface area contributed by atoms with Crippen molar-refractivity contribution in [2.75, 3.05) is 44.1 Å². The van der Waals surface area contributed by atoms with Crippen molar-refractivity contribution in [1.29, 1.82) is 0 Å². The van der Waals surface area contributed by atoms with Crippen LogP contribution >= 0.6 is 0 Å². The maximum absolute atomic E-state index is 13.2. The standard InChI is InChI=1S/C24H31N3O7S.C2HF3O2/c1-27(2)19-7-5-18(6-8-19)25-22(28)4-3-15-34-20-9-11-21(12-10-20)35(31,32)24(23(29)26-30)13-16-33-17-14-24;3-2(4,5)1(6)7/h5-12,30H,3-4,13-17H2,1-2H3,(H,25,28)(H,26,29);(H,6,7). The van der Waals surface area contributed by atoms with Crippen molar-refractivity contribution in [2.24, 2.45) is 0 Å². The van der Waals surface area contributed by atoms with E-state index in [0.29, 0.717) is 12.2 Å². The predicted octanol–water partition coefficient (Wildman–Crippen LogP) is 3.01. The number of carboxylic acids is 1. The fourth-order valence-electron chi connectivity index (χ4n) is 3.85. The van der Waals surface area contributed by atoms with E-state index in [2.05, 4.69) is 5.32 Å². The first-order valence-electron chi connectivity index (χ1n) is 12.5. The molecule has 1 fully saturated rings. The molecule has 232 valence electrons. The molecule has 0 radical (unpaired) electrons. The van der Waals surface area contributed by atoms with E-state index >= 15 is 0 Å². The Labute approximate surface area is 240 Å². The van der Waals surface area contributed by atoms with Gasteiger partial charge >= 0.3 is 12.1 Å². The van der Waals surface area contributed by atoms with Gasteiger partial charge in [0.2, 0.25) is 5.91 Å². The topological polar surface area (TPSA) is 172 Å². The SMILES string of the molecule is CN(C)c1ccc(NC(=O)CCCOc2ccc(S(=O)(=O)C3(C(=O)NO)CCOCC3)cc2)cc1.O=C(O)C(F)(F)F. The summed E-state index contributed by atoms with van der Waals surface area (Å²) in [4.78, 5) is 35.3. The van der Waals surface area contributed by atoms with Gasteiger partial charge in [-0.15, -0.1) is 0 Å². The molecule has 1 aliphatic rings. The fourth-order valence-corrected chi connectivity index (χ4v) is 5.79. The number of hydroxylamine groups is 1. The van der Waals surface area contributed by atoms with Crippen LogP contribution < -0.4 is 20.4 Å². The minimum absolute atomic E-state index is 0.0463. The van der Waals surface area contributed by atoms with E-state index in [0.717, 1.165) is 11.4 Å². The van der Waals surface area contributed by atoms with Gasteiger partial charge in [0, 0.05) is 45.1 Å². The Morgan fingerprint density at radius 2 is 1.57 bits per heavy atom. The predicted molar refractivity (Wildman–Crippen MR) is 144 cm³/mol. The number of carboxylic acid groups (broad SMARTS) is 1. The molecule has 16 heteroatoms. The van der Waals surface area contributed by atoms with Gasteiger partial charge in [0.1, 0.15) is 5.75 Å². The van der Waals surface area contributed by atoms with Crippen LogP contribution in [0.4, 0.5) is 24.5 Å². The Bertz CT molecular complexity index is 1310. The van der Waals surface area contributed by atoms with Gasteiger partial charge in [-0.3, -0.25) is 14.8 Å². The van der Waals surface area contributed by atoms with Crippen LogP contribution in [-0.2, 0) is 29.0 Å². The van der Waals surface area contributed by atoms with Gasteiger partial charge in [-0.25, -0.2) is 18.7 Å². The summed E-state index contributed by atoms with van der Waals surface area (Å²) in [6.45, 7) is 0.471. The molecular weight excluding hydrogens is 587 g/mol. The molecule has 42 heavy (non-hydrogen) atoms. The van der Waals surface area contributed by atoms with Crippen molar-refractivity contribution < 1.29 is 55.8 Å². The van der Waals surface area contributed by atoms with Crippen LogP contribution in [0.5, 0.6) is 5.75 Å². The van der Waals surface area contributed by atoms with Gasteiger partial charge in [-0.1, -0.05) is 0 Å². The average Bonchev–Trinajstić information content (AvgIpc) is 2.95. The van der Waals surface area contributed by atoms with Crippen molar-refractivity contribution in [1.82, 2.24) is 5.48 Å². The summed E-state index contributed by atoms with van der Waals surface area (Å²) >= 11 is 0. The smallest absolute Gasteiger partial charge is 0.490 e. The number of ether oxygens (including phenoxy) is 2. The Balaban J connectivity index is 0.000000782. The highest BCUT2D eigenvalue weighted by Gasteiger charge is 2.52. The number of alkyl halides is 3. The highest BCUT2D eigenvalue weighted by molar-refractivity contribution is 7.93. The van der Waals surface area contributed by atoms with Crippen LogP contribution in [0.2, 0.25) is 0 Å². The van der Waals surface area contributed by atoms with Gasteiger partial charge in [0.25, 0.3) is 5.91 Å². The maximum atomic E-state index is 13.2. The number of amides is 2. The first-order chi connectivity index (χ1) is 19.6. The number of carbonyl (C=O) groups excluding carboxylic acids is 2. The largest absolute Gasteiger partial charge is 0.494 e. The van der Waals surface area contributed by atoms with Gasteiger partial charge in [0.05, 0.1) is 11.5 Å². The number of nitrogens with one attached hydrogen (secondary N) is 2. The molecule has 4 N–H and O–H groups in total. The number of sulfone groups is 1. The van der Waals surface area contributed by atoms with Crippen molar-refractivity contribution in [3.63, 3.8) is 0 Å². The normalized spacial score (nSPS) is 14.5. The average molecular weight is 620 g/mol. The third kappa shape index (κ3) is 9.06. The van der Waals surface area contributed by atoms with Gasteiger partial charge < -0.3 is 24.8 Å². The Morgan fingerprint density at radius 1 is 1.02 bits per heavy atom. The van der Waals surface area contributed by atoms with Crippen molar-refractivity contribution in [2.45, 2.75) is 41.5 Å². The van der Waals surface area contributed by atoms with Gasteiger partial charge in [-0.05, 0) is 67.8 Å². The lowest BCUT2D eigenvalue weighted by Gasteiger charge is -2.34. The second-order valence-electron chi connectivity index (χ2n) is 9.27. The fraction of sp³-hybridized carbons (Fsp3) is 0.423. The van der Waals surface area contributed by atoms with E-state index in [4.69, 9.17) is 24.6 Å². The molecule has 2 amide bonds. The summed E-state index contributed by atoms with van der Waals surface area (Å²) in [5.41, 5.74) is 3.25. The lowest BCUT2D eigenvalue weighted by Crippen LogP contribution is -2.54. The summed E-state index contributed by atoms with van der Waals surface area (Å²) in [6, 6.07) is 13.3. The molecule has 0 saturated carbocycles. The van der Waals surface area contributed by atoms with Gasteiger partial charge in [-0.2, -0.15) is 13.2 Å². The number of anilines is 2. The Kier molecular flexibility index (Phi) is 12.1. The lowest BCUT2D eigenvalue weighted by molar-refractivity contribution is -0.192. The molecule has 0 spiro atoms. The zero-order chi connectivity index (χ0) is 31.6. The summed E-state index contributed by atoms with van der Waals surface area (Å²) in [7, 11) is -0.203. The number of benzene rings is 2. The number of nitrogens with zero attached hydrogens (tertiary/aromatic N) is 1. The highest BCUT2D eigenvalue weighted by atomic mass is 32.2. The Morgan fingerprint density at radius 3 is 2.05 bits per heavy atom. The second kappa shape index (κ2) is 14.8. The van der Waals surface area contributed by atoms with E-state index in [1.807, 2.05) is 43.3 Å². The van der Waals surface area contributed by atoms with Crippen LogP contribution in [0, 0.1) is 0 Å². The third-order valence-electron chi connectivity index (χ3n) is 6.19. The molecule has 0 aliphatic carbocycles. The minimum Gasteiger partial charge on any atom is -0.494 e. The molecule has 1 heterocycles. The summed E-state index contributed by atoms with van der Waals surface area (Å²) < 4.78 is 67.3. The van der Waals surface area contributed by atoms with Crippen LogP contribution in [0.25, 0.3) is 0 Å². The van der Waals surface area contributed by atoms with Crippen molar-refractivity contribution in [3.8, 4) is 5.75 Å². The first kappa shape index (κ1) is 34.3. The van der Waals surface area contributed by atoms with E-state index in [1.54, 1.807) is 0 Å². The molecule has 0 aromatic heterocycles. The zero-order valence-corrected chi connectivity index (χ0v) is 23.6. The molecule has 3 rings (SSSR count). The molecule has 0 unspecified atom stereocenters. The summed E-state index contributed by atoms with van der Waals surface area (Å²) in [5, 5.41) is 19.1. The molecule has 12 nitrogen and oxygen atoms in total. The number of hydrogen-bond donors (Lipinski definition) is 4. The van der Waals surface area contributed by atoms with Crippen LogP contribution in [0.15, 0.2) is 53.4 Å². The number of halogens is 3. The molecule has 1 aliphatic heterocycles. The van der Waals surface area contributed by atoms with Gasteiger partial charge in [0.15, 0.2) is 14.6 Å². The zero-order valence-electron chi connectivity index (χ0n) is 22.8. The van der Waals surface area contributed by atoms with E-state index in [-0.39, 0.29) is 49.9 Å². The molecule has 2 aromatic rings. The quantitative estimate of drug-likeness (QED) is 0.176. The van der Waals surface area contributed by atoms with E-state index in [1.165, 1.54) is 29.7 Å². The van der Waals surface area contributed by atoms with Crippen LogP contribution in [0.3, 0.4) is 0 Å². The maximum Gasteiger partial charge on any atom is 0.490 e. The minimum atomic E-state index is -5.08. The lowest BCUT2D eigenvalue weighted by atomic mass is 9.98. The van der Waals surface area contributed by atoms with Crippen LogP contribution in [-0.4, -0.2) is 81.4 Å². The molecular formula is C26H32F3N3O9S. The molecule has 2 aromatic carbocycles. The third-order valence-corrected chi connectivity index (χ3v) is 8.71. The van der Waals surface area contributed by atoms with E-state index < -0.39 is 32.6 Å². The molecule has 0 bridgehead atoms. The number of aliphatic carboxylic acids is 1. The second-order valence-corrected chi connectivity index (χ2v) is 11.5. The first-order valence-corrected chi connectivity index (χ1v) is 14.0. The molecule has 1 saturated heterocycles. The Hall–Kier alpha value is -3.89. The summed E-state index contributed by atoms with van der Waals surface area (Å²) in [6.07, 6.45) is -4.45. The number of hydrogen-bond acceptors (Lipinski definition) is 9. The van der Waals surface area contributed by atoms with Crippen molar-refractivity contribution in [3.05, 3.63) is 48.5 Å². The number of rotatable bonds is 10. The highest BCUT2D eigenvalue weighted by Crippen LogP contribution is 2.35. The molecule has 0 atom stereocenters. The monoisotopic (exact) mass is 619 g/mol. The van der Waals surface area contributed by atoms with E-state index in [9.17, 15) is 31.2 Å².